The number of pyridine rings is 1. The molecule has 0 aliphatic carbocycles. The van der Waals surface area contributed by atoms with Crippen LogP contribution in [0.5, 0.6) is 5.75 Å². The molecule has 0 saturated heterocycles. The number of carbonyl (C=O) groups is 3. The summed E-state index contributed by atoms with van der Waals surface area (Å²) in [6.45, 7) is 4.05. The Balaban J connectivity index is 0.000000240. The van der Waals surface area contributed by atoms with Crippen LogP contribution in [0.4, 0.5) is 5.69 Å². The summed E-state index contributed by atoms with van der Waals surface area (Å²) in [5.41, 5.74) is 7.95. The monoisotopic (exact) mass is 438 g/mol. The van der Waals surface area contributed by atoms with E-state index in [2.05, 4.69) is 4.98 Å². The van der Waals surface area contributed by atoms with Gasteiger partial charge >= 0.3 is 11.9 Å². The predicted octanol–water partition coefficient (Wildman–Crippen LogP) is 4.04. The molecule has 0 unspecified atom stereocenters. The Morgan fingerprint density at radius 1 is 1.12 bits per heavy atom. The molecule has 0 aliphatic rings. The molecule has 1 heterocycles. The van der Waals surface area contributed by atoms with Crippen LogP contribution in [0.15, 0.2) is 67.0 Å². The van der Waals surface area contributed by atoms with E-state index >= 15 is 0 Å². The number of benzene rings is 2. The van der Waals surface area contributed by atoms with Gasteiger partial charge in [-0.25, -0.2) is 9.59 Å². The van der Waals surface area contributed by atoms with Gasteiger partial charge in [0, 0.05) is 23.6 Å². The van der Waals surface area contributed by atoms with Crippen LogP contribution in [0.25, 0.3) is 0 Å². The number of rotatable bonds is 5. The summed E-state index contributed by atoms with van der Waals surface area (Å²) < 4.78 is 9.73. The van der Waals surface area contributed by atoms with E-state index in [0.717, 1.165) is 17.6 Å². The molecule has 0 bridgehead atoms. The number of aldehydes is 1. The number of carboxylic acid groups (broad SMARTS) is 1. The summed E-state index contributed by atoms with van der Waals surface area (Å²) in [4.78, 5) is 35.5. The highest BCUT2D eigenvalue weighted by Gasteiger charge is 2.04. The van der Waals surface area contributed by atoms with E-state index in [9.17, 15) is 14.4 Å². The number of carbonyl (C=O) groups excluding carboxylic acids is 2. The van der Waals surface area contributed by atoms with Crippen LogP contribution in [0.1, 0.15) is 43.6 Å². The quantitative estimate of drug-likeness (QED) is 0.347. The van der Waals surface area contributed by atoms with Gasteiger partial charge in [-0.1, -0.05) is 12.1 Å². The number of hydrogen-bond donors (Lipinski definition) is 2. The summed E-state index contributed by atoms with van der Waals surface area (Å²) in [6, 6.07) is 15.1. The van der Waals surface area contributed by atoms with Gasteiger partial charge in [0.25, 0.3) is 0 Å². The van der Waals surface area contributed by atoms with E-state index < -0.39 is 5.97 Å². The highest BCUT2D eigenvalue weighted by molar-refractivity contribution is 5.93. The second-order valence-electron chi connectivity index (χ2n) is 6.19. The van der Waals surface area contributed by atoms with Crippen molar-refractivity contribution in [3.63, 3.8) is 0 Å². The third-order valence-corrected chi connectivity index (χ3v) is 3.97. The van der Waals surface area contributed by atoms with Gasteiger partial charge < -0.3 is 20.3 Å². The summed E-state index contributed by atoms with van der Waals surface area (Å²) >= 11 is 0. The Bertz CT molecular complexity index is 1020. The van der Waals surface area contributed by atoms with E-state index in [1.165, 1.54) is 12.3 Å². The second kappa shape index (κ2) is 13.9. The van der Waals surface area contributed by atoms with E-state index in [1.807, 2.05) is 13.0 Å². The lowest BCUT2D eigenvalue weighted by Gasteiger charge is -2.01. The number of esters is 1. The average Bonchev–Trinajstić information content (AvgIpc) is 2.80. The zero-order valence-corrected chi connectivity index (χ0v) is 18.1. The molecular formula is C24H26N2O6. The van der Waals surface area contributed by atoms with Crippen LogP contribution in [-0.2, 0) is 4.74 Å². The number of aromatic carboxylic acids is 1. The standard InChI is InChI=1S/C9H10O2.C8H9NO2.C7H7NO2/c1-7-5-9(11-2)4-3-8(7)6-10;1-2-11-8(10)7-4-3-5-9-6-7;8-6-4-2-1-3-5(6)7(9)10/h3-6H,1-2H3;3-6H,2H2,1H3;1-4H,8H2,(H,9,10). The van der Waals surface area contributed by atoms with Crippen LogP contribution in [0.3, 0.4) is 0 Å². The molecule has 32 heavy (non-hydrogen) atoms. The summed E-state index contributed by atoms with van der Waals surface area (Å²) in [5.74, 6) is -0.521. The summed E-state index contributed by atoms with van der Waals surface area (Å²) in [5, 5.41) is 8.49. The molecule has 0 atom stereocenters. The molecule has 2 aromatic carbocycles. The van der Waals surface area contributed by atoms with Gasteiger partial charge in [0.2, 0.25) is 0 Å². The zero-order chi connectivity index (χ0) is 23.9. The van der Waals surface area contributed by atoms with Crippen LogP contribution in [-0.4, -0.2) is 42.0 Å². The van der Waals surface area contributed by atoms with Crippen molar-refractivity contribution >= 4 is 23.9 Å². The number of aryl methyl sites for hydroxylation is 1. The smallest absolute Gasteiger partial charge is 0.339 e. The van der Waals surface area contributed by atoms with Crippen molar-refractivity contribution < 1.29 is 29.0 Å². The van der Waals surface area contributed by atoms with Crippen molar-refractivity contribution in [3.8, 4) is 5.75 Å². The first kappa shape index (κ1) is 25.8. The average molecular weight is 438 g/mol. The van der Waals surface area contributed by atoms with Crippen molar-refractivity contribution in [3.05, 3.63) is 89.2 Å². The Hall–Kier alpha value is -4.20. The van der Waals surface area contributed by atoms with Gasteiger partial charge in [-0.15, -0.1) is 0 Å². The van der Waals surface area contributed by atoms with E-state index in [0.29, 0.717) is 23.4 Å². The van der Waals surface area contributed by atoms with Gasteiger partial charge in [0.15, 0.2) is 0 Å². The zero-order valence-electron chi connectivity index (χ0n) is 18.1. The van der Waals surface area contributed by atoms with Gasteiger partial charge in [-0.3, -0.25) is 9.78 Å². The first-order chi connectivity index (χ1) is 15.3. The number of hydrogen-bond acceptors (Lipinski definition) is 7. The SMILES string of the molecule is CCOC(=O)c1cccnc1.COc1ccc(C=O)c(C)c1.Nc1ccccc1C(=O)O. The molecule has 1 aromatic heterocycles. The normalized spacial score (nSPS) is 9.22. The maximum Gasteiger partial charge on any atom is 0.339 e. The van der Waals surface area contributed by atoms with Gasteiger partial charge in [-0.2, -0.15) is 0 Å². The Morgan fingerprint density at radius 2 is 1.84 bits per heavy atom. The topological polar surface area (TPSA) is 129 Å². The van der Waals surface area contributed by atoms with Gasteiger partial charge in [0.1, 0.15) is 12.0 Å². The van der Waals surface area contributed by atoms with Crippen LogP contribution >= 0.6 is 0 Å². The molecule has 0 amide bonds. The number of nitrogen functional groups attached to an aromatic ring is 1. The molecular weight excluding hydrogens is 412 g/mol. The fourth-order valence-electron chi connectivity index (χ4n) is 2.30. The number of nitrogens with two attached hydrogens (primary N) is 1. The molecule has 0 aliphatic heterocycles. The van der Waals surface area contributed by atoms with Crippen LogP contribution in [0, 0.1) is 6.92 Å². The number of para-hydroxylation sites is 1. The van der Waals surface area contributed by atoms with Crippen LogP contribution < -0.4 is 10.5 Å². The van der Waals surface area contributed by atoms with Crippen molar-refractivity contribution in [2.45, 2.75) is 13.8 Å². The lowest BCUT2D eigenvalue weighted by molar-refractivity contribution is 0.0525. The molecule has 3 aromatic rings. The minimum Gasteiger partial charge on any atom is -0.497 e. The summed E-state index contributed by atoms with van der Waals surface area (Å²) in [7, 11) is 1.61. The predicted molar refractivity (Wildman–Crippen MR) is 121 cm³/mol. The van der Waals surface area contributed by atoms with E-state index in [1.54, 1.807) is 62.7 Å². The number of aromatic nitrogens is 1. The largest absolute Gasteiger partial charge is 0.497 e. The molecule has 0 fully saturated rings. The van der Waals surface area contributed by atoms with Gasteiger partial charge in [-0.05, 0) is 61.9 Å². The molecule has 0 spiro atoms. The third-order valence-electron chi connectivity index (χ3n) is 3.97. The Morgan fingerprint density at radius 3 is 2.31 bits per heavy atom. The molecule has 0 saturated carbocycles. The fraction of sp³-hybridized carbons (Fsp3) is 0.167. The molecule has 8 heteroatoms. The molecule has 168 valence electrons. The number of carboxylic acids is 1. The first-order valence-electron chi connectivity index (χ1n) is 9.58. The fourth-order valence-corrected chi connectivity index (χ4v) is 2.30. The Labute approximate surface area is 186 Å². The van der Waals surface area contributed by atoms with Crippen molar-refractivity contribution in [2.75, 3.05) is 19.5 Å². The van der Waals surface area contributed by atoms with Crippen molar-refractivity contribution in [1.82, 2.24) is 4.98 Å². The van der Waals surface area contributed by atoms with Crippen LogP contribution in [0.2, 0.25) is 0 Å². The number of methoxy groups -OCH3 is 1. The highest BCUT2D eigenvalue weighted by atomic mass is 16.5. The molecule has 3 N–H and O–H groups in total. The minimum absolute atomic E-state index is 0.155. The Kier molecular flexibility index (Phi) is 11.2. The lowest BCUT2D eigenvalue weighted by Crippen LogP contribution is -2.04. The minimum atomic E-state index is -0.988. The van der Waals surface area contributed by atoms with Gasteiger partial charge in [0.05, 0.1) is 24.8 Å². The number of nitrogens with zero attached hydrogens (tertiary/aromatic N) is 1. The maximum absolute atomic E-state index is 11.0. The highest BCUT2D eigenvalue weighted by Crippen LogP contribution is 2.14. The van der Waals surface area contributed by atoms with E-state index in [4.69, 9.17) is 20.3 Å². The maximum atomic E-state index is 11.0. The van der Waals surface area contributed by atoms with Crippen molar-refractivity contribution in [2.24, 2.45) is 0 Å². The van der Waals surface area contributed by atoms with E-state index in [-0.39, 0.29) is 11.5 Å². The first-order valence-corrected chi connectivity index (χ1v) is 9.58. The second-order valence-corrected chi connectivity index (χ2v) is 6.19. The van der Waals surface area contributed by atoms with Crippen molar-refractivity contribution in [1.29, 1.82) is 0 Å². The third kappa shape index (κ3) is 8.66. The molecule has 8 nitrogen and oxygen atoms in total. The summed E-state index contributed by atoms with van der Waals surface area (Å²) in [6.07, 6.45) is 3.94. The molecule has 0 radical (unpaired) electrons. The number of anilines is 1. The lowest BCUT2D eigenvalue weighted by atomic mass is 10.1. The number of ether oxygens (including phenoxy) is 2. The molecule has 3 rings (SSSR count).